The van der Waals surface area contributed by atoms with Crippen molar-refractivity contribution in [3.05, 3.63) is 37.5 Å². The van der Waals surface area contributed by atoms with Gasteiger partial charge in [0.05, 0.1) is 9.26 Å². The Bertz CT molecular complexity index is 626. The van der Waals surface area contributed by atoms with Gasteiger partial charge in [-0.25, -0.2) is 9.97 Å². The molecule has 0 saturated heterocycles. The lowest BCUT2D eigenvalue weighted by atomic mass is 10.1. The summed E-state index contributed by atoms with van der Waals surface area (Å²) in [6, 6.07) is 6.10. The van der Waals surface area contributed by atoms with E-state index in [1.807, 2.05) is 18.2 Å². The number of rotatable bonds is 2. The molecule has 0 spiro atoms. The number of aromatic nitrogens is 2. The quantitative estimate of drug-likeness (QED) is 0.711. The van der Waals surface area contributed by atoms with E-state index < -0.39 is 0 Å². The van der Waals surface area contributed by atoms with Crippen molar-refractivity contribution in [2.45, 2.75) is 26.7 Å². The number of nitrogens with zero attached hydrogens (tertiary/aromatic N) is 2. The minimum atomic E-state index is 0.324. The van der Waals surface area contributed by atoms with Gasteiger partial charge in [0.25, 0.3) is 0 Å². The Labute approximate surface area is 135 Å². The van der Waals surface area contributed by atoms with E-state index in [1.165, 1.54) is 5.56 Å². The number of halogens is 2. The molecule has 0 radical (unpaired) electrons. The first-order valence-corrected chi connectivity index (χ1v) is 7.86. The zero-order valence-electron chi connectivity index (χ0n) is 11.0. The summed E-state index contributed by atoms with van der Waals surface area (Å²) in [5.74, 6) is 1.55. The summed E-state index contributed by atoms with van der Waals surface area (Å²) in [5.41, 5.74) is 9.15. The average Bonchev–Trinajstić information content (AvgIpc) is 2.35. The van der Waals surface area contributed by atoms with E-state index in [1.54, 1.807) is 0 Å². The lowest BCUT2D eigenvalue weighted by Crippen LogP contribution is -2.06. The van der Waals surface area contributed by atoms with E-state index in [0.717, 1.165) is 19.3 Å². The molecule has 2 rings (SSSR count). The van der Waals surface area contributed by atoms with E-state index in [9.17, 15) is 0 Å². The van der Waals surface area contributed by atoms with E-state index in [-0.39, 0.29) is 0 Å². The van der Waals surface area contributed by atoms with Crippen LogP contribution in [0.2, 0.25) is 0 Å². The Morgan fingerprint density at radius 1 is 1.26 bits per heavy atom. The minimum absolute atomic E-state index is 0.324. The van der Waals surface area contributed by atoms with Gasteiger partial charge in [-0.2, -0.15) is 0 Å². The van der Waals surface area contributed by atoms with Crippen molar-refractivity contribution in [2.24, 2.45) is 0 Å². The van der Waals surface area contributed by atoms with E-state index in [4.69, 9.17) is 5.73 Å². The van der Waals surface area contributed by atoms with E-state index >= 15 is 0 Å². The first-order chi connectivity index (χ1) is 8.90. The minimum Gasteiger partial charge on any atom is -0.383 e. The number of nitrogens with two attached hydrogens (primary N) is 1. The van der Waals surface area contributed by atoms with Gasteiger partial charge in [0, 0.05) is 10.0 Å². The SMILES string of the molecule is Cc1ccc(-c2nc(N)c(I)c(C(C)C)n2)cc1Br. The average molecular weight is 432 g/mol. The van der Waals surface area contributed by atoms with Gasteiger partial charge >= 0.3 is 0 Å². The summed E-state index contributed by atoms with van der Waals surface area (Å²) in [5, 5.41) is 0. The predicted molar refractivity (Wildman–Crippen MR) is 91.1 cm³/mol. The third-order valence-corrected chi connectivity index (χ3v) is 4.84. The van der Waals surface area contributed by atoms with Gasteiger partial charge in [0.2, 0.25) is 0 Å². The zero-order valence-corrected chi connectivity index (χ0v) is 14.8. The van der Waals surface area contributed by atoms with Crippen LogP contribution in [0.4, 0.5) is 5.82 Å². The summed E-state index contributed by atoms with van der Waals surface area (Å²) in [6.45, 7) is 6.27. The topological polar surface area (TPSA) is 51.8 Å². The predicted octanol–water partition coefficient (Wildman–Crippen LogP) is 4.52. The molecular weight excluding hydrogens is 417 g/mol. The lowest BCUT2D eigenvalue weighted by Gasteiger charge is -2.12. The molecular formula is C14H15BrIN3. The standard InChI is InChI=1S/C14H15BrIN3/c1-7(2)12-11(16)13(17)19-14(18-12)9-5-4-8(3)10(15)6-9/h4-7H,1-3H3,(H2,17,18,19). The van der Waals surface area contributed by atoms with Crippen molar-refractivity contribution in [1.29, 1.82) is 0 Å². The summed E-state index contributed by atoms with van der Waals surface area (Å²) >= 11 is 5.74. The Balaban J connectivity index is 2.59. The third-order valence-electron chi connectivity index (χ3n) is 2.88. The normalized spacial score (nSPS) is 11.1. The Morgan fingerprint density at radius 3 is 2.53 bits per heavy atom. The van der Waals surface area contributed by atoms with Gasteiger partial charge in [-0.15, -0.1) is 0 Å². The highest BCUT2D eigenvalue weighted by Crippen LogP contribution is 2.28. The van der Waals surface area contributed by atoms with Crippen LogP contribution in [0.1, 0.15) is 31.0 Å². The molecule has 1 aromatic heterocycles. The number of aryl methyl sites for hydroxylation is 1. The first-order valence-electron chi connectivity index (χ1n) is 5.99. The number of hydrogen-bond donors (Lipinski definition) is 1. The number of anilines is 1. The van der Waals surface area contributed by atoms with Crippen LogP contribution in [-0.4, -0.2) is 9.97 Å². The maximum atomic E-state index is 5.99. The molecule has 0 aliphatic carbocycles. The molecule has 0 bridgehead atoms. The highest BCUT2D eigenvalue weighted by atomic mass is 127. The Morgan fingerprint density at radius 2 is 1.95 bits per heavy atom. The second kappa shape index (κ2) is 5.75. The van der Waals surface area contributed by atoms with Crippen molar-refractivity contribution in [2.75, 3.05) is 5.73 Å². The van der Waals surface area contributed by atoms with Crippen LogP contribution in [0.3, 0.4) is 0 Å². The fraction of sp³-hybridized carbons (Fsp3) is 0.286. The van der Waals surface area contributed by atoms with Gasteiger partial charge < -0.3 is 5.73 Å². The van der Waals surface area contributed by atoms with E-state index in [2.05, 4.69) is 69.3 Å². The lowest BCUT2D eigenvalue weighted by molar-refractivity contribution is 0.810. The maximum Gasteiger partial charge on any atom is 0.161 e. The van der Waals surface area contributed by atoms with Crippen LogP contribution in [-0.2, 0) is 0 Å². The van der Waals surface area contributed by atoms with Crippen LogP contribution in [0.15, 0.2) is 22.7 Å². The molecule has 0 amide bonds. The van der Waals surface area contributed by atoms with Gasteiger partial charge in [-0.1, -0.05) is 41.9 Å². The molecule has 1 heterocycles. The fourth-order valence-electron chi connectivity index (χ4n) is 1.73. The second-order valence-electron chi connectivity index (χ2n) is 4.75. The molecule has 0 fully saturated rings. The van der Waals surface area contributed by atoms with E-state index in [0.29, 0.717) is 17.6 Å². The molecule has 0 aliphatic heterocycles. The number of nitrogen functional groups attached to an aromatic ring is 1. The second-order valence-corrected chi connectivity index (χ2v) is 6.68. The molecule has 3 nitrogen and oxygen atoms in total. The summed E-state index contributed by atoms with van der Waals surface area (Å²) in [6.07, 6.45) is 0. The van der Waals surface area contributed by atoms with Crippen LogP contribution < -0.4 is 5.73 Å². The molecule has 1 aromatic carbocycles. The number of hydrogen-bond acceptors (Lipinski definition) is 3. The molecule has 2 aromatic rings. The number of benzene rings is 1. The summed E-state index contributed by atoms with van der Waals surface area (Å²) in [7, 11) is 0. The van der Waals surface area contributed by atoms with Crippen LogP contribution in [0.25, 0.3) is 11.4 Å². The molecule has 2 N–H and O–H groups in total. The molecule has 5 heteroatoms. The molecule has 19 heavy (non-hydrogen) atoms. The van der Waals surface area contributed by atoms with Crippen LogP contribution >= 0.6 is 38.5 Å². The summed E-state index contributed by atoms with van der Waals surface area (Å²) < 4.78 is 2.00. The fourth-order valence-corrected chi connectivity index (χ4v) is 2.97. The van der Waals surface area contributed by atoms with Crippen molar-refractivity contribution in [1.82, 2.24) is 9.97 Å². The zero-order chi connectivity index (χ0) is 14.2. The largest absolute Gasteiger partial charge is 0.383 e. The summed E-state index contributed by atoms with van der Waals surface area (Å²) in [4.78, 5) is 9.05. The Kier molecular flexibility index (Phi) is 4.45. The van der Waals surface area contributed by atoms with Crippen molar-refractivity contribution in [3.63, 3.8) is 0 Å². The maximum absolute atomic E-state index is 5.99. The molecule has 0 atom stereocenters. The highest BCUT2D eigenvalue weighted by Gasteiger charge is 2.14. The van der Waals surface area contributed by atoms with Crippen molar-refractivity contribution in [3.8, 4) is 11.4 Å². The van der Waals surface area contributed by atoms with Gasteiger partial charge in [0.15, 0.2) is 5.82 Å². The smallest absolute Gasteiger partial charge is 0.161 e. The van der Waals surface area contributed by atoms with Gasteiger partial charge in [-0.05, 0) is 47.1 Å². The van der Waals surface area contributed by atoms with Crippen molar-refractivity contribution >= 4 is 44.3 Å². The molecule has 0 unspecified atom stereocenters. The molecule has 0 aliphatic rings. The van der Waals surface area contributed by atoms with Crippen molar-refractivity contribution < 1.29 is 0 Å². The Hall–Kier alpha value is -0.690. The van der Waals surface area contributed by atoms with Crippen LogP contribution in [0.5, 0.6) is 0 Å². The van der Waals surface area contributed by atoms with Gasteiger partial charge in [-0.3, -0.25) is 0 Å². The molecule has 100 valence electrons. The highest BCUT2D eigenvalue weighted by molar-refractivity contribution is 14.1. The molecule has 0 saturated carbocycles. The first kappa shape index (κ1) is 14.7. The van der Waals surface area contributed by atoms with Gasteiger partial charge in [0.1, 0.15) is 5.82 Å². The third kappa shape index (κ3) is 3.08. The monoisotopic (exact) mass is 431 g/mol. The van der Waals surface area contributed by atoms with Crippen LogP contribution in [0, 0.1) is 10.5 Å².